The van der Waals surface area contributed by atoms with Gasteiger partial charge in [0.1, 0.15) is 12.1 Å². The highest BCUT2D eigenvalue weighted by Gasteiger charge is 2.36. The topological polar surface area (TPSA) is 160 Å². The molecule has 9 nitrogen and oxygen atoms in total. The van der Waals surface area contributed by atoms with Gasteiger partial charge in [-0.2, -0.15) is 0 Å². The summed E-state index contributed by atoms with van der Waals surface area (Å²) in [5, 5.41) is 18.4. The van der Waals surface area contributed by atoms with Gasteiger partial charge in [0.2, 0.25) is 17.7 Å². The SMILES string of the molecule is CNC(CCN)C(=O)NC(CC1CCCCC1)C(=O)NC(C(N)=O)C(C)(C)O. The van der Waals surface area contributed by atoms with E-state index < -0.39 is 35.5 Å². The van der Waals surface area contributed by atoms with Crippen molar-refractivity contribution in [2.45, 2.75) is 82.5 Å². The summed E-state index contributed by atoms with van der Waals surface area (Å²) in [6.45, 7) is 3.13. The molecule has 0 radical (unpaired) electrons. The van der Waals surface area contributed by atoms with Crippen molar-refractivity contribution < 1.29 is 19.5 Å². The third-order valence-electron chi connectivity index (χ3n) is 5.32. The van der Waals surface area contributed by atoms with Crippen molar-refractivity contribution in [3.8, 4) is 0 Å². The lowest BCUT2D eigenvalue weighted by molar-refractivity contribution is -0.135. The van der Waals surface area contributed by atoms with E-state index in [9.17, 15) is 19.5 Å². The summed E-state index contributed by atoms with van der Waals surface area (Å²) in [5.41, 5.74) is 9.37. The molecule has 1 rings (SSSR count). The highest BCUT2D eigenvalue weighted by molar-refractivity contribution is 5.93. The molecule has 3 unspecified atom stereocenters. The molecule has 0 spiro atoms. The third-order valence-corrected chi connectivity index (χ3v) is 5.32. The first-order valence-electron chi connectivity index (χ1n) is 10.1. The van der Waals surface area contributed by atoms with Gasteiger partial charge in [-0.15, -0.1) is 0 Å². The highest BCUT2D eigenvalue weighted by Crippen LogP contribution is 2.27. The minimum atomic E-state index is -1.52. The Morgan fingerprint density at radius 3 is 2.11 bits per heavy atom. The zero-order chi connectivity index (χ0) is 21.3. The minimum absolute atomic E-state index is 0.317. The van der Waals surface area contributed by atoms with Crippen LogP contribution in [0.1, 0.15) is 58.8 Å². The van der Waals surface area contributed by atoms with E-state index in [2.05, 4.69) is 16.0 Å². The lowest BCUT2D eigenvalue weighted by atomic mass is 9.84. The molecule has 0 aromatic heterocycles. The molecule has 3 atom stereocenters. The first kappa shape index (κ1) is 24.3. The third kappa shape index (κ3) is 7.73. The monoisotopic (exact) mass is 399 g/mol. The smallest absolute Gasteiger partial charge is 0.243 e. The van der Waals surface area contributed by atoms with Crippen LogP contribution in [0.2, 0.25) is 0 Å². The molecule has 162 valence electrons. The average molecular weight is 400 g/mol. The summed E-state index contributed by atoms with van der Waals surface area (Å²) in [6.07, 6.45) is 6.31. The Morgan fingerprint density at radius 1 is 1.07 bits per heavy atom. The maximum Gasteiger partial charge on any atom is 0.243 e. The standard InChI is InChI=1S/C19H37N5O4/c1-19(2,28)15(16(21)25)24-18(27)14(11-12-7-5-4-6-8-12)23-17(26)13(22-3)9-10-20/h12-15,22,28H,4-11,20H2,1-3H3,(H2,21,25)(H,23,26)(H,24,27). The molecule has 8 N–H and O–H groups in total. The van der Waals surface area contributed by atoms with E-state index in [-0.39, 0.29) is 5.91 Å². The second kappa shape index (κ2) is 11.3. The highest BCUT2D eigenvalue weighted by atomic mass is 16.3. The number of primary amides is 1. The number of nitrogens with two attached hydrogens (primary N) is 2. The van der Waals surface area contributed by atoms with Crippen LogP contribution in [0.5, 0.6) is 0 Å². The van der Waals surface area contributed by atoms with Crippen LogP contribution in [0.15, 0.2) is 0 Å². The summed E-state index contributed by atoms with van der Waals surface area (Å²) in [4.78, 5) is 37.2. The molecular weight excluding hydrogens is 362 g/mol. The molecule has 1 aliphatic carbocycles. The molecule has 0 bridgehead atoms. The number of hydrogen-bond acceptors (Lipinski definition) is 6. The molecule has 0 heterocycles. The molecule has 9 heteroatoms. The first-order valence-corrected chi connectivity index (χ1v) is 10.1. The van der Waals surface area contributed by atoms with Gasteiger partial charge in [-0.1, -0.05) is 32.1 Å². The number of rotatable bonds is 11. The van der Waals surface area contributed by atoms with E-state index in [1.165, 1.54) is 20.3 Å². The lowest BCUT2D eigenvalue weighted by Crippen LogP contribution is -2.61. The molecule has 1 aliphatic rings. The van der Waals surface area contributed by atoms with Gasteiger partial charge in [-0.25, -0.2) is 0 Å². The van der Waals surface area contributed by atoms with Crippen molar-refractivity contribution in [3.05, 3.63) is 0 Å². The Kier molecular flexibility index (Phi) is 9.84. The van der Waals surface area contributed by atoms with Gasteiger partial charge in [0, 0.05) is 0 Å². The largest absolute Gasteiger partial charge is 0.388 e. The van der Waals surface area contributed by atoms with Crippen molar-refractivity contribution in [1.82, 2.24) is 16.0 Å². The van der Waals surface area contributed by atoms with E-state index in [0.717, 1.165) is 25.7 Å². The number of aliphatic hydroxyl groups is 1. The van der Waals surface area contributed by atoms with Gasteiger partial charge in [0.05, 0.1) is 11.6 Å². The summed E-state index contributed by atoms with van der Waals surface area (Å²) < 4.78 is 0. The molecule has 1 saturated carbocycles. The van der Waals surface area contributed by atoms with Crippen LogP contribution in [0.3, 0.4) is 0 Å². The number of hydrogen-bond donors (Lipinski definition) is 6. The fourth-order valence-electron chi connectivity index (χ4n) is 3.67. The van der Waals surface area contributed by atoms with Crippen molar-refractivity contribution in [2.75, 3.05) is 13.6 Å². The predicted molar refractivity (Wildman–Crippen MR) is 107 cm³/mol. The number of likely N-dealkylation sites (N-methyl/N-ethyl adjacent to an activating group) is 1. The molecule has 0 saturated heterocycles. The van der Waals surface area contributed by atoms with E-state index >= 15 is 0 Å². The maximum atomic E-state index is 12.9. The second-order valence-electron chi connectivity index (χ2n) is 8.22. The number of carbonyl (C=O) groups excluding carboxylic acids is 3. The van der Waals surface area contributed by atoms with Crippen molar-refractivity contribution in [3.63, 3.8) is 0 Å². The van der Waals surface area contributed by atoms with Crippen LogP contribution in [0.4, 0.5) is 0 Å². The molecule has 1 fully saturated rings. The van der Waals surface area contributed by atoms with Crippen molar-refractivity contribution in [1.29, 1.82) is 0 Å². The van der Waals surface area contributed by atoms with E-state index in [1.807, 2.05) is 0 Å². The number of nitrogens with one attached hydrogen (secondary N) is 3. The zero-order valence-electron chi connectivity index (χ0n) is 17.3. The molecular formula is C19H37N5O4. The minimum Gasteiger partial charge on any atom is -0.388 e. The van der Waals surface area contributed by atoms with Crippen LogP contribution >= 0.6 is 0 Å². The quantitative estimate of drug-likeness (QED) is 0.264. The second-order valence-corrected chi connectivity index (χ2v) is 8.22. The van der Waals surface area contributed by atoms with Gasteiger partial charge in [0.25, 0.3) is 0 Å². The molecule has 0 aromatic carbocycles. The normalized spacial score (nSPS) is 18.8. The van der Waals surface area contributed by atoms with Gasteiger partial charge in [-0.05, 0) is 46.2 Å². The van der Waals surface area contributed by atoms with Crippen LogP contribution < -0.4 is 27.4 Å². The average Bonchev–Trinajstić information content (AvgIpc) is 2.62. The first-order chi connectivity index (χ1) is 13.1. The number of carbonyl (C=O) groups is 3. The van der Waals surface area contributed by atoms with Gasteiger partial charge in [0.15, 0.2) is 0 Å². The summed E-state index contributed by atoms with van der Waals surface area (Å²) in [5.74, 6) is -1.35. The van der Waals surface area contributed by atoms with Gasteiger partial charge < -0.3 is 32.5 Å². The fraction of sp³-hybridized carbons (Fsp3) is 0.842. The predicted octanol–water partition coefficient (Wildman–Crippen LogP) is -0.881. The van der Waals surface area contributed by atoms with Gasteiger partial charge in [-0.3, -0.25) is 14.4 Å². The van der Waals surface area contributed by atoms with Crippen LogP contribution in [-0.4, -0.2) is 60.1 Å². The Labute approximate surface area is 167 Å². The summed E-state index contributed by atoms with van der Waals surface area (Å²) >= 11 is 0. The molecule has 0 aromatic rings. The summed E-state index contributed by atoms with van der Waals surface area (Å²) in [7, 11) is 1.66. The molecule has 0 aliphatic heterocycles. The summed E-state index contributed by atoms with van der Waals surface area (Å²) in [6, 6.07) is -2.57. The molecule has 3 amide bonds. The molecule has 28 heavy (non-hydrogen) atoms. The van der Waals surface area contributed by atoms with E-state index in [0.29, 0.717) is 25.3 Å². The van der Waals surface area contributed by atoms with Crippen LogP contribution in [-0.2, 0) is 14.4 Å². The van der Waals surface area contributed by atoms with Crippen molar-refractivity contribution >= 4 is 17.7 Å². The van der Waals surface area contributed by atoms with Crippen LogP contribution in [0.25, 0.3) is 0 Å². The van der Waals surface area contributed by atoms with Gasteiger partial charge >= 0.3 is 0 Å². The van der Waals surface area contributed by atoms with E-state index in [4.69, 9.17) is 11.5 Å². The van der Waals surface area contributed by atoms with E-state index in [1.54, 1.807) is 7.05 Å². The van der Waals surface area contributed by atoms with Crippen LogP contribution in [0, 0.1) is 5.92 Å². The Hall–Kier alpha value is -1.71. The fourth-order valence-corrected chi connectivity index (χ4v) is 3.67. The number of amides is 3. The Bertz CT molecular complexity index is 529. The van der Waals surface area contributed by atoms with Crippen molar-refractivity contribution in [2.24, 2.45) is 17.4 Å². The Morgan fingerprint density at radius 2 is 1.64 bits per heavy atom. The lowest BCUT2D eigenvalue weighted by Gasteiger charge is -2.31. The maximum absolute atomic E-state index is 12.9. The Balaban J connectivity index is 2.92. The zero-order valence-corrected chi connectivity index (χ0v) is 17.3.